The number of halogens is 1. The Bertz CT molecular complexity index is 577. The molecule has 5 heteroatoms. The second-order valence-electron chi connectivity index (χ2n) is 3.63. The molecule has 0 radical (unpaired) electrons. The molecule has 0 aliphatic rings. The predicted octanol–water partition coefficient (Wildman–Crippen LogP) is 3.59. The van der Waals surface area contributed by atoms with Crippen LogP contribution in [0.5, 0.6) is 0 Å². The highest BCUT2D eigenvalue weighted by Crippen LogP contribution is 2.28. The van der Waals surface area contributed by atoms with Crippen molar-refractivity contribution in [2.45, 2.75) is 13.8 Å². The molecule has 0 bridgehead atoms. The van der Waals surface area contributed by atoms with E-state index in [0.717, 1.165) is 10.0 Å². The maximum Gasteiger partial charge on any atom is 0.376 e. The van der Waals surface area contributed by atoms with Crippen LogP contribution in [-0.4, -0.2) is 17.6 Å². The second-order valence-corrected chi connectivity index (χ2v) is 4.49. The molecule has 1 aromatic carbocycles. The monoisotopic (exact) mass is 309 g/mol. The highest BCUT2D eigenvalue weighted by molar-refractivity contribution is 9.10. The van der Waals surface area contributed by atoms with E-state index in [0.29, 0.717) is 18.2 Å². The summed E-state index contributed by atoms with van der Waals surface area (Å²) in [6.45, 7) is 3.78. The molecule has 0 saturated heterocycles. The number of oxazole rings is 1. The molecule has 0 atom stereocenters. The van der Waals surface area contributed by atoms with Crippen molar-refractivity contribution in [2.75, 3.05) is 6.61 Å². The van der Waals surface area contributed by atoms with E-state index in [2.05, 4.69) is 20.9 Å². The summed E-state index contributed by atoms with van der Waals surface area (Å²) in [6.07, 6.45) is 0. The van der Waals surface area contributed by atoms with Gasteiger partial charge in [0.2, 0.25) is 11.7 Å². The quantitative estimate of drug-likeness (QED) is 0.813. The van der Waals surface area contributed by atoms with Gasteiger partial charge in [-0.25, -0.2) is 9.78 Å². The van der Waals surface area contributed by atoms with Crippen LogP contribution in [0.4, 0.5) is 0 Å². The molecule has 0 N–H and O–H groups in total. The van der Waals surface area contributed by atoms with E-state index in [-0.39, 0.29) is 5.76 Å². The van der Waals surface area contributed by atoms with E-state index in [1.165, 1.54) is 0 Å². The van der Waals surface area contributed by atoms with Gasteiger partial charge in [-0.05, 0) is 41.9 Å². The Morgan fingerprint density at radius 3 is 2.83 bits per heavy atom. The number of rotatable bonds is 3. The van der Waals surface area contributed by atoms with Crippen molar-refractivity contribution in [3.8, 4) is 11.5 Å². The molecule has 2 rings (SSSR count). The Labute approximate surface area is 113 Å². The van der Waals surface area contributed by atoms with Gasteiger partial charge in [0.25, 0.3) is 0 Å². The average molecular weight is 310 g/mol. The van der Waals surface area contributed by atoms with Gasteiger partial charge >= 0.3 is 5.97 Å². The lowest BCUT2D eigenvalue weighted by atomic mass is 10.2. The van der Waals surface area contributed by atoms with Gasteiger partial charge in [0.05, 0.1) is 17.9 Å². The lowest BCUT2D eigenvalue weighted by Gasteiger charge is -1.99. The molecule has 0 unspecified atom stereocenters. The number of carbonyl (C=O) groups is 1. The maximum absolute atomic E-state index is 11.6. The number of aromatic nitrogens is 1. The van der Waals surface area contributed by atoms with Crippen LogP contribution in [0.15, 0.2) is 33.2 Å². The second kappa shape index (κ2) is 5.35. The van der Waals surface area contributed by atoms with Crippen LogP contribution in [-0.2, 0) is 4.74 Å². The summed E-state index contributed by atoms with van der Waals surface area (Å²) in [5.74, 6) is 0.0754. The first-order valence-electron chi connectivity index (χ1n) is 5.53. The Hall–Kier alpha value is -1.62. The normalized spacial score (nSPS) is 10.4. The smallest absolute Gasteiger partial charge is 0.376 e. The van der Waals surface area contributed by atoms with Gasteiger partial charge in [0.15, 0.2) is 0 Å². The van der Waals surface area contributed by atoms with Crippen LogP contribution < -0.4 is 0 Å². The minimum absolute atomic E-state index is 0.155. The van der Waals surface area contributed by atoms with Crippen LogP contribution >= 0.6 is 15.9 Å². The van der Waals surface area contributed by atoms with E-state index in [1.807, 2.05) is 24.3 Å². The molecular weight excluding hydrogens is 298 g/mol. The average Bonchev–Trinajstić information content (AvgIpc) is 2.72. The first-order valence-corrected chi connectivity index (χ1v) is 6.32. The molecule has 4 nitrogen and oxygen atoms in total. The largest absolute Gasteiger partial charge is 0.460 e. The summed E-state index contributed by atoms with van der Waals surface area (Å²) < 4.78 is 11.2. The summed E-state index contributed by atoms with van der Waals surface area (Å²) >= 11 is 3.42. The first kappa shape index (κ1) is 12.8. The number of aryl methyl sites for hydroxylation is 1. The number of esters is 1. The lowest BCUT2D eigenvalue weighted by molar-refractivity contribution is 0.0490. The molecular formula is C13H12BrNO3. The van der Waals surface area contributed by atoms with Gasteiger partial charge in [0, 0.05) is 4.47 Å². The Balaban J connectivity index is 2.41. The van der Waals surface area contributed by atoms with Crippen LogP contribution in [0.25, 0.3) is 11.5 Å². The van der Waals surface area contributed by atoms with E-state index in [4.69, 9.17) is 9.15 Å². The van der Waals surface area contributed by atoms with Gasteiger partial charge < -0.3 is 9.15 Å². The van der Waals surface area contributed by atoms with Gasteiger partial charge in [-0.15, -0.1) is 0 Å². The predicted molar refractivity (Wildman–Crippen MR) is 70.3 cm³/mol. The van der Waals surface area contributed by atoms with Crippen LogP contribution in [0.2, 0.25) is 0 Å². The van der Waals surface area contributed by atoms with Gasteiger partial charge in [-0.2, -0.15) is 0 Å². The number of hydrogen-bond donors (Lipinski definition) is 0. The number of hydrogen-bond acceptors (Lipinski definition) is 4. The molecule has 0 aliphatic heterocycles. The molecule has 0 fully saturated rings. The number of benzene rings is 1. The SMILES string of the molecule is CCOC(=O)c1oc(-c2ccccc2Br)nc1C. The fourth-order valence-electron chi connectivity index (χ4n) is 1.53. The minimum atomic E-state index is -0.485. The molecule has 0 saturated carbocycles. The molecule has 1 aromatic heterocycles. The fourth-order valence-corrected chi connectivity index (χ4v) is 1.99. The highest BCUT2D eigenvalue weighted by atomic mass is 79.9. The van der Waals surface area contributed by atoms with Crippen LogP contribution in [0, 0.1) is 6.92 Å². The zero-order chi connectivity index (χ0) is 13.1. The third kappa shape index (κ3) is 2.46. The summed E-state index contributed by atoms with van der Waals surface area (Å²) in [7, 11) is 0. The molecule has 0 amide bonds. The molecule has 2 aromatic rings. The van der Waals surface area contributed by atoms with E-state index in [1.54, 1.807) is 13.8 Å². The zero-order valence-corrected chi connectivity index (χ0v) is 11.7. The maximum atomic E-state index is 11.6. The molecule has 1 heterocycles. The molecule has 18 heavy (non-hydrogen) atoms. The first-order chi connectivity index (χ1) is 8.63. The van der Waals surface area contributed by atoms with Gasteiger partial charge in [-0.1, -0.05) is 12.1 Å². The van der Waals surface area contributed by atoms with Crippen molar-refractivity contribution < 1.29 is 13.9 Å². The van der Waals surface area contributed by atoms with Crippen molar-refractivity contribution in [1.29, 1.82) is 0 Å². The molecule has 94 valence electrons. The zero-order valence-electron chi connectivity index (χ0n) is 10.1. The summed E-state index contributed by atoms with van der Waals surface area (Å²) in [5, 5.41) is 0. The number of nitrogens with zero attached hydrogens (tertiary/aromatic N) is 1. The Morgan fingerprint density at radius 1 is 1.44 bits per heavy atom. The van der Waals surface area contributed by atoms with Crippen molar-refractivity contribution in [3.63, 3.8) is 0 Å². The topological polar surface area (TPSA) is 52.3 Å². The van der Waals surface area contributed by atoms with Crippen molar-refractivity contribution in [3.05, 3.63) is 40.2 Å². The Kier molecular flexibility index (Phi) is 3.81. The standard InChI is InChI=1S/C13H12BrNO3/c1-3-17-13(16)11-8(2)15-12(18-11)9-6-4-5-7-10(9)14/h4-7H,3H2,1-2H3. The third-order valence-corrected chi connectivity index (χ3v) is 3.05. The van der Waals surface area contributed by atoms with E-state index in [9.17, 15) is 4.79 Å². The number of ether oxygens (including phenoxy) is 1. The summed E-state index contributed by atoms with van der Waals surface area (Å²) in [4.78, 5) is 15.9. The summed E-state index contributed by atoms with van der Waals surface area (Å²) in [6, 6.07) is 7.53. The van der Waals surface area contributed by atoms with Crippen LogP contribution in [0.1, 0.15) is 23.2 Å². The lowest BCUT2D eigenvalue weighted by Crippen LogP contribution is -2.04. The third-order valence-electron chi connectivity index (χ3n) is 2.36. The fraction of sp³-hybridized carbons (Fsp3) is 0.231. The molecule has 0 spiro atoms. The van der Waals surface area contributed by atoms with Gasteiger partial charge in [-0.3, -0.25) is 0 Å². The minimum Gasteiger partial charge on any atom is -0.460 e. The molecule has 0 aliphatic carbocycles. The number of carbonyl (C=O) groups excluding carboxylic acids is 1. The van der Waals surface area contributed by atoms with Gasteiger partial charge in [0.1, 0.15) is 0 Å². The van der Waals surface area contributed by atoms with Crippen molar-refractivity contribution in [2.24, 2.45) is 0 Å². The van der Waals surface area contributed by atoms with Crippen molar-refractivity contribution in [1.82, 2.24) is 4.98 Å². The van der Waals surface area contributed by atoms with E-state index >= 15 is 0 Å². The van der Waals surface area contributed by atoms with Crippen molar-refractivity contribution >= 4 is 21.9 Å². The summed E-state index contributed by atoms with van der Waals surface area (Å²) in [5.41, 5.74) is 1.33. The highest BCUT2D eigenvalue weighted by Gasteiger charge is 2.20. The Morgan fingerprint density at radius 2 is 2.17 bits per heavy atom. The van der Waals surface area contributed by atoms with E-state index < -0.39 is 5.97 Å². The van der Waals surface area contributed by atoms with Crippen LogP contribution in [0.3, 0.4) is 0 Å².